The molecule has 1 aliphatic rings. The molecule has 0 radical (unpaired) electrons. The van der Waals surface area contributed by atoms with Gasteiger partial charge in [0, 0.05) is 51.5 Å². The van der Waals surface area contributed by atoms with Crippen molar-refractivity contribution in [3.05, 3.63) is 67.8 Å². The topological polar surface area (TPSA) is 186 Å². The number of carboxylic acids is 2. The molecule has 3 rings (SSSR count). The molecule has 0 spiro atoms. The molecule has 2 atom stereocenters. The zero-order valence-corrected chi connectivity index (χ0v) is 22.8. The Morgan fingerprint density at radius 3 is 1.75 bits per heavy atom. The predicted molar refractivity (Wildman–Crippen MR) is 147 cm³/mol. The molecular formula is C26H34N4O10. The van der Waals surface area contributed by atoms with E-state index in [2.05, 4.69) is 0 Å². The highest BCUT2D eigenvalue weighted by atomic mass is 16.6. The van der Waals surface area contributed by atoms with Crippen LogP contribution < -0.4 is 9.80 Å². The second kappa shape index (κ2) is 14.7. The van der Waals surface area contributed by atoms with Crippen LogP contribution in [0.3, 0.4) is 0 Å². The third-order valence-corrected chi connectivity index (χ3v) is 6.54. The average Bonchev–Trinajstić information content (AvgIpc) is 3.25. The fourth-order valence-electron chi connectivity index (χ4n) is 4.52. The lowest BCUT2D eigenvalue weighted by molar-refractivity contribution is -0.384. The van der Waals surface area contributed by atoms with E-state index in [-0.39, 0.29) is 34.6 Å². The van der Waals surface area contributed by atoms with E-state index >= 15 is 0 Å². The van der Waals surface area contributed by atoms with Gasteiger partial charge in [0.1, 0.15) is 11.4 Å². The minimum absolute atomic E-state index is 0.0602. The maximum absolute atomic E-state index is 11.2. The predicted octanol–water partition coefficient (Wildman–Crippen LogP) is 4.06. The van der Waals surface area contributed by atoms with E-state index in [1.165, 1.54) is 32.4 Å². The maximum atomic E-state index is 11.2. The lowest BCUT2D eigenvalue weighted by Crippen LogP contribution is -2.33. The van der Waals surface area contributed by atoms with Gasteiger partial charge < -0.3 is 29.5 Å². The van der Waals surface area contributed by atoms with Gasteiger partial charge in [-0.25, -0.2) is 9.59 Å². The number of anilines is 2. The second-order valence-electron chi connectivity index (χ2n) is 9.19. The number of hydrogen-bond donors (Lipinski definition) is 2. The molecule has 1 aliphatic heterocycles. The Balaban J connectivity index is 0.000000281. The van der Waals surface area contributed by atoms with Crippen LogP contribution in [0.1, 0.15) is 47.4 Å². The lowest BCUT2D eigenvalue weighted by atomic mass is 10.1. The zero-order valence-electron chi connectivity index (χ0n) is 22.8. The summed E-state index contributed by atoms with van der Waals surface area (Å²) in [5.41, 5.74) is 0.285. The van der Waals surface area contributed by atoms with Crippen LogP contribution in [0, 0.1) is 20.2 Å². The first-order valence-corrected chi connectivity index (χ1v) is 12.5. The summed E-state index contributed by atoms with van der Waals surface area (Å²) in [4.78, 5) is 46.8. The highest BCUT2D eigenvalue weighted by Crippen LogP contribution is 2.37. The number of aromatic carboxylic acids is 2. The molecule has 0 bridgehead atoms. The van der Waals surface area contributed by atoms with E-state index in [0.717, 1.165) is 25.0 Å². The van der Waals surface area contributed by atoms with Crippen molar-refractivity contribution in [1.82, 2.24) is 0 Å². The molecule has 1 fully saturated rings. The van der Waals surface area contributed by atoms with Crippen molar-refractivity contribution >= 4 is 34.7 Å². The second-order valence-corrected chi connectivity index (χ2v) is 9.19. The Kier molecular flexibility index (Phi) is 11.8. The van der Waals surface area contributed by atoms with Crippen molar-refractivity contribution in [3.8, 4) is 0 Å². The number of carbonyl (C=O) groups is 2. The van der Waals surface area contributed by atoms with E-state index < -0.39 is 21.8 Å². The van der Waals surface area contributed by atoms with E-state index in [9.17, 15) is 29.8 Å². The van der Waals surface area contributed by atoms with Crippen molar-refractivity contribution in [2.75, 3.05) is 50.3 Å². The summed E-state index contributed by atoms with van der Waals surface area (Å²) in [6, 6.07) is 8.39. The highest BCUT2D eigenvalue weighted by Gasteiger charge is 2.32. The monoisotopic (exact) mass is 562 g/mol. The third-order valence-electron chi connectivity index (χ3n) is 6.54. The molecule has 2 N–H and O–H groups in total. The molecule has 40 heavy (non-hydrogen) atoms. The van der Waals surface area contributed by atoms with Crippen LogP contribution in [0.2, 0.25) is 0 Å². The molecule has 2 unspecified atom stereocenters. The van der Waals surface area contributed by atoms with Crippen LogP contribution in [0.15, 0.2) is 36.4 Å². The molecule has 2 aromatic carbocycles. The summed E-state index contributed by atoms with van der Waals surface area (Å²) in [5.74, 6) is -2.36. The first kappa shape index (κ1) is 31.9. The number of nitro groups is 2. The van der Waals surface area contributed by atoms with Gasteiger partial charge in [-0.3, -0.25) is 20.2 Å². The van der Waals surface area contributed by atoms with Crippen LogP contribution in [0.25, 0.3) is 0 Å². The van der Waals surface area contributed by atoms with Crippen LogP contribution in [0.4, 0.5) is 22.7 Å². The fraction of sp³-hybridized carbons (Fsp3) is 0.462. The Hall–Kier alpha value is -4.30. The third kappa shape index (κ3) is 8.10. The largest absolute Gasteiger partial charge is 0.478 e. The molecule has 0 aromatic heterocycles. The standard InChI is InChI=1S/C13H18N2O6.C13H16N2O4/c1-20-7-5-14(6-8-21-2)11-4-3-10(13(16)17)9-12(11)15(18)19;1-8-3-4-9(2)14(8)11-6-5-10(13(16)17)7-12(11)15(18)19/h3-4,9H,5-8H2,1-2H3,(H,16,17);5-9H,3-4H2,1-2H3,(H,16,17). The molecule has 0 saturated carbocycles. The molecule has 0 aliphatic carbocycles. The van der Waals surface area contributed by atoms with E-state index in [1.807, 2.05) is 18.7 Å². The number of nitro benzene ring substituents is 2. The molecule has 14 nitrogen and oxygen atoms in total. The SMILES string of the molecule is CC1CCC(C)N1c1ccc(C(=O)O)cc1[N+](=O)[O-].COCCN(CCOC)c1ccc(C(=O)O)cc1[N+](=O)[O-]. The Bertz CT molecular complexity index is 1200. The highest BCUT2D eigenvalue weighted by molar-refractivity contribution is 5.90. The average molecular weight is 563 g/mol. The van der Waals surface area contributed by atoms with Gasteiger partial charge in [-0.05, 0) is 51.0 Å². The minimum atomic E-state index is -1.20. The quantitative estimate of drug-likeness (QED) is 0.279. The Labute approximate surface area is 231 Å². The summed E-state index contributed by atoms with van der Waals surface area (Å²) in [6.07, 6.45) is 1.97. The first-order valence-electron chi connectivity index (χ1n) is 12.5. The van der Waals surface area contributed by atoms with Gasteiger partial charge in [0.05, 0.1) is 34.2 Å². The summed E-state index contributed by atoms with van der Waals surface area (Å²) >= 11 is 0. The van der Waals surface area contributed by atoms with Crippen molar-refractivity contribution in [1.29, 1.82) is 0 Å². The van der Waals surface area contributed by atoms with Gasteiger partial charge in [-0.15, -0.1) is 0 Å². The van der Waals surface area contributed by atoms with Gasteiger partial charge in [0.25, 0.3) is 11.4 Å². The van der Waals surface area contributed by atoms with E-state index in [4.69, 9.17) is 19.7 Å². The molecule has 0 amide bonds. The number of hydrogen-bond acceptors (Lipinski definition) is 10. The van der Waals surface area contributed by atoms with Crippen molar-refractivity contribution < 1.29 is 39.1 Å². The maximum Gasteiger partial charge on any atom is 0.335 e. The number of carboxylic acid groups (broad SMARTS) is 2. The number of rotatable bonds is 12. The van der Waals surface area contributed by atoms with Crippen LogP contribution in [-0.4, -0.2) is 84.6 Å². The fourth-order valence-corrected chi connectivity index (χ4v) is 4.52. The van der Waals surface area contributed by atoms with Gasteiger partial charge in [-0.1, -0.05) is 0 Å². The lowest BCUT2D eigenvalue weighted by Gasteiger charge is -2.28. The smallest absolute Gasteiger partial charge is 0.335 e. The Morgan fingerprint density at radius 1 is 0.875 bits per heavy atom. The van der Waals surface area contributed by atoms with E-state index in [1.54, 1.807) is 11.0 Å². The van der Waals surface area contributed by atoms with Gasteiger partial charge >= 0.3 is 11.9 Å². The van der Waals surface area contributed by atoms with Crippen molar-refractivity contribution in [2.24, 2.45) is 0 Å². The summed E-state index contributed by atoms with van der Waals surface area (Å²) < 4.78 is 9.98. The molecular weight excluding hydrogens is 528 g/mol. The van der Waals surface area contributed by atoms with Crippen LogP contribution in [0.5, 0.6) is 0 Å². The molecule has 218 valence electrons. The van der Waals surface area contributed by atoms with Gasteiger partial charge in [0.2, 0.25) is 0 Å². The van der Waals surface area contributed by atoms with Gasteiger partial charge in [0.15, 0.2) is 0 Å². The number of ether oxygens (including phenoxy) is 2. The van der Waals surface area contributed by atoms with Crippen LogP contribution >= 0.6 is 0 Å². The zero-order chi connectivity index (χ0) is 30.0. The van der Waals surface area contributed by atoms with Crippen molar-refractivity contribution in [3.63, 3.8) is 0 Å². The van der Waals surface area contributed by atoms with Gasteiger partial charge in [-0.2, -0.15) is 0 Å². The minimum Gasteiger partial charge on any atom is -0.478 e. The first-order chi connectivity index (χ1) is 18.9. The van der Waals surface area contributed by atoms with Crippen molar-refractivity contribution in [2.45, 2.75) is 38.8 Å². The van der Waals surface area contributed by atoms with Crippen LogP contribution in [-0.2, 0) is 9.47 Å². The summed E-state index contributed by atoms with van der Waals surface area (Å²) in [6.45, 7) is 5.71. The number of nitrogens with zero attached hydrogens (tertiary/aromatic N) is 4. The Morgan fingerprint density at radius 2 is 1.32 bits per heavy atom. The summed E-state index contributed by atoms with van der Waals surface area (Å²) in [5, 5.41) is 40.2. The summed E-state index contributed by atoms with van der Waals surface area (Å²) in [7, 11) is 3.08. The molecule has 2 aromatic rings. The molecule has 1 heterocycles. The molecule has 1 saturated heterocycles. The number of benzene rings is 2. The van der Waals surface area contributed by atoms with E-state index in [0.29, 0.717) is 37.7 Å². The molecule has 14 heteroatoms. The normalized spacial score (nSPS) is 16.1. The number of methoxy groups -OCH3 is 2.